The zero-order valence-electron chi connectivity index (χ0n) is 1.84. The van der Waals surface area contributed by atoms with Crippen LogP contribution in [0.3, 0.4) is 0 Å². The molecule has 0 aliphatic heterocycles. The number of halogens is 3. The van der Waals surface area contributed by atoms with E-state index in [2.05, 4.69) is 59.3 Å². The first-order chi connectivity index (χ1) is 1.73. The molecule has 0 unspecified atom stereocenters. The van der Waals surface area contributed by atoms with E-state index in [1.165, 1.54) is 0 Å². The molecule has 0 N–H and O–H groups in total. The molecule has 0 saturated heterocycles. The summed E-state index contributed by atoms with van der Waals surface area (Å²) in [4.78, 5) is 0. The van der Waals surface area contributed by atoms with E-state index in [4.69, 9.17) is 0 Å². The van der Waals surface area contributed by atoms with Crippen LogP contribution in [0.1, 0.15) is 0 Å². The van der Waals surface area contributed by atoms with E-state index < -0.39 is 5.41 Å². The second kappa shape index (κ2) is 3.99. The van der Waals surface area contributed by atoms with Gasteiger partial charge in [-0.15, -0.1) is 0 Å². The Bertz CT molecular complexity index is 8.00. The topological polar surface area (TPSA) is 0 Å². The number of rotatable bonds is 0. The van der Waals surface area contributed by atoms with Gasteiger partial charge in [0.05, 0.1) is 0 Å². The Morgan fingerprint density at radius 1 is 1.00 bits per heavy atom. The summed E-state index contributed by atoms with van der Waals surface area (Å²) in [5.41, 5.74) is 0. The normalized spacial score (nSPS) is 6.75. The van der Waals surface area contributed by atoms with Gasteiger partial charge in [0.15, 0.2) is 0 Å². The molecule has 4 heavy (non-hydrogen) atoms. The van der Waals surface area contributed by atoms with Gasteiger partial charge < -0.3 is 0 Å². The summed E-state index contributed by atoms with van der Waals surface area (Å²) in [7, 11) is 0. The zero-order valence-corrected chi connectivity index (χ0v) is 11.3. The summed E-state index contributed by atoms with van der Waals surface area (Å²) in [5.74, 6) is 0. The number of hydrogen-bond acceptors (Lipinski definition) is 0. The molecule has 0 aromatic rings. The van der Waals surface area contributed by atoms with E-state index in [1.54, 1.807) is 0 Å². The third kappa shape index (κ3) is 8.84. The van der Waals surface area contributed by atoms with E-state index in [0.717, 1.165) is 0 Å². The molecule has 0 aromatic carbocycles. The van der Waals surface area contributed by atoms with Crippen LogP contribution in [-0.4, -0.2) is 0 Å². The quantitative estimate of drug-likeness (QED) is 0.397. The molecule has 0 heterocycles. The van der Waals surface area contributed by atoms with Gasteiger partial charge in [-0.3, -0.25) is 0 Å². The molecular weight excluding hydrogens is 446 g/mol. The summed E-state index contributed by atoms with van der Waals surface area (Å²) in [6, 6.07) is 0. The van der Waals surface area contributed by atoms with Crippen molar-refractivity contribution < 1.29 is 5.41 Å². The van der Waals surface area contributed by atoms with Crippen LogP contribution in [0.5, 0.6) is 0 Å². The second-order valence-electron chi connectivity index (χ2n) is 0.303. The molecule has 0 aromatic heterocycles. The summed E-state index contributed by atoms with van der Waals surface area (Å²) >= 11 is 7.58. The molecule has 0 saturated carbocycles. The van der Waals surface area contributed by atoms with Gasteiger partial charge in [-0.05, 0) is 0 Å². The van der Waals surface area contributed by atoms with Gasteiger partial charge in [0.25, 0.3) is 0 Å². The Kier molecular flexibility index (Phi) is 6.79. The monoisotopic (exact) mass is 445 g/mol. The molecule has 0 radical (unpaired) electrons. The van der Waals surface area contributed by atoms with Gasteiger partial charge in [-0.25, -0.2) is 0 Å². The Morgan fingerprint density at radius 3 is 1.00 bits per heavy atom. The SMILES string of the molecule is [I][Zn]([I])[I]. The van der Waals surface area contributed by atoms with Crippen molar-refractivity contribution in [1.29, 1.82) is 0 Å². The predicted octanol–water partition coefficient (Wildman–Crippen LogP) is 2.65. The Hall–Kier alpha value is 2.81. The minimum absolute atomic E-state index is 0.715. The summed E-state index contributed by atoms with van der Waals surface area (Å²) in [6.07, 6.45) is 0. The third-order valence-electron chi connectivity index (χ3n) is 0. The second-order valence-corrected chi connectivity index (χ2v) is 70.9. The number of hydrogen-bond donors (Lipinski definition) is 0. The first-order valence-corrected chi connectivity index (χ1v) is 27.9. The fraction of sp³-hybridized carbons (Fsp3) is 0. The first-order valence-electron chi connectivity index (χ1n) is 0.802. The van der Waals surface area contributed by atoms with Crippen LogP contribution in [0.25, 0.3) is 0 Å². The van der Waals surface area contributed by atoms with E-state index in [0.29, 0.717) is 0 Å². The van der Waals surface area contributed by atoms with Crippen LogP contribution in [0.4, 0.5) is 0 Å². The van der Waals surface area contributed by atoms with Crippen molar-refractivity contribution in [2.24, 2.45) is 0 Å². The fourth-order valence-corrected chi connectivity index (χ4v) is 0. The van der Waals surface area contributed by atoms with Crippen molar-refractivity contribution in [2.75, 3.05) is 0 Å². The Balaban J connectivity index is 2.32. The van der Waals surface area contributed by atoms with Crippen molar-refractivity contribution in [1.82, 2.24) is 0 Å². The molecular formula is I3Zn. The van der Waals surface area contributed by atoms with Gasteiger partial charge >= 0.3 is 64.7 Å². The van der Waals surface area contributed by atoms with Crippen LogP contribution in [0.2, 0.25) is 0 Å². The first kappa shape index (κ1) is 6.81. The van der Waals surface area contributed by atoms with Crippen molar-refractivity contribution in [3.8, 4) is 0 Å². The predicted molar refractivity (Wildman–Crippen MR) is 42.1 cm³/mol. The molecule has 4 heteroatoms. The van der Waals surface area contributed by atoms with Crippen LogP contribution >= 0.6 is 59.3 Å². The van der Waals surface area contributed by atoms with E-state index in [9.17, 15) is 0 Å². The molecule has 23 valence electrons. The van der Waals surface area contributed by atoms with Crippen LogP contribution < -0.4 is 0 Å². The van der Waals surface area contributed by atoms with E-state index >= 15 is 0 Å². The minimum atomic E-state index is -0.715. The molecule has 0 aliphatic carbocycles. The Morgan fingerprint density at radius 2 is 1.00 bits per heavy atom. The van der Waals surface area contributed by atoms with Crippen LogP contribution in [0.15, 0.2) is 0 Å². The molecule has 0 bridgehead atoms. The van der Waals surface area contributed by atoms with Gasteiger partial charge in [-0.2, -0.15) is 0 Å². The van der Waals surface area contributed by atoms with Crippen molar-refractivity contribution in [3.63, 3.8) is 0 Å². The average Bonchev–Trinajstić information content (AvgIpc) is 0.811. The van der Waals surface area contributed by atoms with Crippen molar-refractivity contribution >= 4 is 59.3 Å². The van der Waals surface area contributed by atoms with Gasteiger partial charge in [0.1, 0.15) is 0 Å². The molecule has 0 spiro atoms. The van der Waals surface area contributed by atoms with Gasteiger partial charge in [-0.1, -0.05) is 0 Å². The molecule has 0 atom stereocenters. The van der Waals surface area contributed by atoms with Crippen molar-refractivity contribution in [2.45, 2.75) is 0 Å². The van der Waals surface area contributed by atoms with Gasteiger partial charge in [0, 0.05) is 0 Å². The average molecular weight is 446 g/mol. The third-order valence-corrected chi connectivity index (χ3v) is 0. The molecule has 0 fully saturated rings. The summed E-state index contributed by atoms with van der Waals surface area (Å²) in [5, 5.41) is -0.715. The van der Waals surface area contributed by atoms with E-state index in [1.807, 2.05) is 0 Å². The van der Waals surface area contributed by atoms with Crippen LogP contribution in [-0.2, 0) is 5.41 Å². The molecule has 0 nitrogen and oxygen atoms in total. The molecule has 0 rings (SSSR count). The summed E-state index contributed by atoms with van der Waals surface area (Å²) in [6.45, 7) is 0. The Labute approximate surface area is 62.9 Å². The fourth-order valence-electron chi connectivity index (χ4n) is 0. The maximum absolute atomic E-state index is 2.53. The van der Waals surface area contributed by atoms with Crippen molar-refractivity contribution in [3.05, 3.63) is 0 Å². The van der Waals surface area contributed by atoms with E-state index in [-0.39, 0.29) is 0 Å². The molecule has 0 aliphatic rings. The molecule has 0 amide bonds. The standard InChI is InChI=1S/3HI.Zn/h3*1H;/q;;;+3/p-3. The zero-order chi connectivity index (χ0) is 3.58. The van der Waals surface area contributed by atoms with Gasteiger partial charge in [0.2, 0.25) is 0 Å². The summed E-state index contributed by atoms with van der Waals surface area (Å²) < 4.78 is 0. The maximum atomic E-state index is 2.53. The van der Waals surface area contributed by atoms with Crippen LogP contribution in [0, 0.1) is 0 Å².